The van der Waals surface area contributed by atoms with Crippen LogP contribution in [0.3, 0.4) is 0 Å². The summed E-state index contributed by atoms with van der Waals surface area (Å²) in [5.41, 5.74) is 0.961. The van der Waals surface area contributed by atoms with Crippen molar-refractivity contribution < 1.29 is 4.52 Å². The van der Waals surface area contributed by atoms with Gasteiger partial charge >= 0.3 is 0 Å². The fourth-order valence-electron chi connectivity index (χ4n) is 2.41. The normalized spacial score (nSPS) is 20.8. The number of nitrogens with zero attached hydrogens (tertiary/aromatic N) is 3. The lowest BCUT2D eigenvalue weighted by Gasteiger charge is -2.09. The number of aromatic nitrogens is 3. The van der Waals surface area contributed by atoms with Crippen LogP contribution in [0.4, 0.5) is 0 Å². The van der Waals surface area contributed by atoms with Gasteiger partial charge in [0.15, 0.2) is 5.82 Å². The van der Waals surface area contributed by atoms with E-state index < -0.39 is 0 Å². The molecular weight excluding hydrogens is 228 g/mol. The van der Waals surface area contributed by atoms with Gasteiger partial charge in [-0.15, -0.1) is 0 Å². The molecule has 0 amide bonds. The lowest BCUT2D eigenvalue weighted by Crippen LogP contribution is -2.21. The Hall–Kier alpha value is -1.62. The minimum Gasteiger partial charge on any atom is -0.347 e. The van der Waals surface area contributed by atoms with Crippen LogP contribution in [0, 0.1) is 0 Å². The van der Waals surface area contributed by atoms with Crippen molar-refractivity contribution in [1.29, 1.82) is 0 Å². The first-order chi connectivity index (χ1) is 8.84. The molecule has 3 rings (SSSR count). The number of rotatable bonds is 2. The molecule has 2 aromatic rings. The molecule has 0 aromatic carbocycles. The summed E-state index contributed by atoms with van der Waals surface area (Å²) < 4.78 is 7.35. The van der Waals surface area contributed by atoms with Gasteiger partial charge in [-0.3, -0.25) is 0 Å². The van der Waals surface area contributed by atoms with Crippen molar-refractivity contribution in [2.24, 2.45) is 7.05 Å². The zero-order valence-corrected chi connectivity index (χ0v) is 10.6. The second-order valence-corrected chi connectivity index (χ2v) is 4.82. The van der Waals surface area contributed by atoms with Gasteiger partial charge in [-0.25, -0.2) is 0 Å². The summed E-state index contributed by atoms with van der Waals surface area (Å²) in [6, 6.07) is 4.20. The molecule has 3 heterocycles. The summed E-state index contributed by atoms with van der Waals surface area (Å²) in [7, 11) is 1.98. The van der Waals surface area contributed by atoms with Crippen LogP contribution in [0.25, 0.3) is 11.6 Å². The molecule has 0 radical (unpaired) electrons. The van der Waals surface area contributed by atoms with E-state index in [1.165, 1.54) is 19.3 Å². The van der Waals surface area contributed by atoms with E-state index in [9.17, 15) is 0 Å². The average molecular weight is 246 g/mol. The molecule has 0 saturated carbocycles. The molecule has 1 N–H and O–H groups in total. The molecule has 1 aliphatic heterocycles. The number of aryl methyl sites for hydroxylation is 1. The number of hydrogen-bond donors (Lipinski definition) is 1. The molecule has 5 heteroatoms. The van der Waals surface area contributed by atoms with Crippen LogP contribution in [0.15, 0.2) is 22.9 Å². The Morgan fingerprint density at radius 3 is 3.17 bits per heavy atom. The molecule has 2 aromatic heterocycles. The van der Waals surface area contributed by atoms with Gasteiger partial charge in [0, 0.05) is 13.2 Å². The summed E-state index contributed by atoms with van der Waals surface area (Å²) in [4.78, 5) is 4.52. The van der Waals surface area contributed by atoms with Crippen molar-refractivity contribution in [1.82, 2.24) is 20.0 Å². The molecule has 0 bridgehead atoms. The van der Waals surface area contributed by atoms with Crippen molar-refractivity contribution in [3.8, 4) is 11.6 Å². The maximum Gasteiger partial charge on any atom is 0.274 e. The quantitative estimate of drug-likeness (QED) is 0.883. The van der Waals surface area contributed by atoms with Gasteiger partial charge in [-0.2, -0.15) is 4.98 Å². The minimum absolute atomic E-state index is 0.241. The summed E-state index contributed by atoms with van der Waals surface area (Å²) in [5.74, 6) is 1.39. The van der Waals surface area contributed by atoms with E-state index >= 15 is 0 Å². The highest BCUT2D eigenvalue weighted by atomic mass is 16.5. The summed E-state index contributed by atoms with van der Waals surface area (Å²) in [6.07, 6.45) is 6.81. The van der Waals surface area contributed by atoms with E-state index in [0.29, 0.717) is 5.89 Å². The topological polar surface area (TPSA) is 55.9 Å². The van der Waals surface area contributed by atoms with Crippen LogP contribution >= 0.6 is 0 Å². The molecule has 1 unspecified atom stereocenters. The second-order valence-electron chi connectivity index (χ2n) is 4.82. The van der Waals surface area contributed by atoms with Crippen LogP contribution in [-0.2, 0) is 7.05 Å². The Labute approximate surface area is 106 Å². The van der Waals surface area contributed by atoms with E-state index in [-0.39, 0.29) is 6.04 Å². The maximum atomic E-state index is 5.36. The van der Waals surface area contributed by atoms with Crippen LogP contribution < -0.4 is 5.32 Å². The number of hydrogen-bond acceptors (Lipinski definition) is 4. The van der Waals surface area contributed by atoms with Gasteiger partial charge in [0.25, 0.3) is 5.89 Å². The van der Waals surface area contributed by atoms with Crippen molar-refractivity contribution in [2.45, 2.75) is 31.7 Å². The van der Waals surface area contributed by atoms with E-state index in [2.05, 4.69) is 15.5 Å². The predicted octanol–water partition coefficient (Wildman–Crippen LogP) is 2.28. The van der Waals surface area contributed by atoms with E-state index in [1.54, 1.807) is 0 Å². The SMILES string of the molecule is Cn1cccc1-c1nc(C2CCCCCN2)no1. The summed E-state index contributed by atoms with van der Waals surface area (Å²) in [5, 5.41) is 7.60. The highest BCUT2D eigenvalue weighted by Gasteiger charge is 2.20. The Kier molecular flexibility index (Phi) is 3.15. The molecule has 1 aliphatic rings. The van der Waals surface area contributed by atoms with Gasteiger partial charge in [0.1, 0.15) is 5.69 Å². The van der Waals surface area contributed by atoms with Crippen molar-refractivity contribution in [3.63, 3.8) is 0 Å². The van der Waals surface area contributed by atoms with Crippen molar-refractivity contribution >= 4 is 0 Å². The first kappa shape index (κ1) is 11.5. The lowest BCUT2D eigenvalue weighted by molar-refractivity contribution is 0.401. The van der Waals surface area contributed by atoms with E-state index in [0.717, 1.165) is 24.5 Å². The molecular formula is C13H18N4O. The first-order valence-electron chi connectivity index (χ1n) is 6.53. The number of nitrogens with one attached hydrogen (secondary N) is 1. The summed E-state index contributed by atoms with van der Waals surface area (Å²) >= 11 is 0. The van der Waals surface area contributed by atoms with Crippen molar-refractivity contribution in [2.75, 3.05) is 6.54 Å². The largest absolute Gasteiger partial charge is 0.347 e. The standard InChI is InChI=1S/C13H18N4O/c1-17-9-5-7-11(17)13-15-12(16-18-13)10-6-3-2-4-8-14-10/h5,7,9-10,14H,2-4,6,8H2,1H3. The monoisotopic (exact) mass is 246 g/mol. The highest BCUT2D eigenvalue weighted by molar-refractivity contribution is 5.47. The fourth-order valence-corrected chi connectivity index (χ4v) is 2.41. The van der Waals surface area contributed by atoms with Gasteiger partial charge in [0.05, 0.1) is 6.04 Å². The van der Waals surface area contributed by atoms with Gasteiger partial charge in [-0.05, 0) is 31.5 Å². The minimum atomic E-state index is 0.241. The van der Waals surface area contributed by atoms with Crippen LogP contribution in [0.1, 0.15) is 37.5 Å². The van der Waals surface area contributed by atoms with Crippen LogP contribution in [0.2, 0.25) is 0 Å². The van der Waals surface area contributed by atoms with Gasteiger partial charge < -0.3 is 14.4 Å². The Morgan fingerprint density at radius 2 is 2.33 bits per heavy atom. The van der Waals surface area contributed by atoms with Gasteiger partial charge in [-0.1, -0.05) is 18.0 Å². The molecule has 1 atom stereocenters. The predicted molar refractivity (Wildman–Crippen MR) is 67.9 cm³/mol. The Balaban J connectivity index is 1.82. The van der Waals surface area contributed by atoms with Gasteiger partial charge in [0.2, 0.25) is 0 Å². The first-order valence-corrected chi connectivity index (χ1v) is 6.53. The smallest absolute Gasteiger partial charge is 0.274 e. The molecule has 1 fully saturated rings. The Bertz CT molecular complexity index is 509. The van der Waals surface area contributed by atoms with Crippen molar-refractivity contribution in [3.05, 3.63) is 24.2 Å². The molecule has 0 spiro atoms. The maximum absolute atomic E-state index is 5.36. The van der Waals surface area contributed by atoms with Crippen LogP contribution in [-0.4, -0.2) is 21.3 Å². The third-order valence-corrected chi connectivity index (χ3v) is 3.48. The average Bonchev–Trinajstić information content (AvgIpc) is 2.91. The molecule has 96 valence electrons. The highest BCUT2D eigenvalue weighted by Crippen LogP contribution is 2.23. The third kappa shape index (κ3) is 2.18. The molecule has 0 aliphatic carbocycles. The second kappa shape index (κ2) is 4.94. The molecule has 18 heavy (non-hydrogen) atoms. The molecule has 1 saturated heterocycles. The fraction of sp³-hybridized carbons (Fsp3) is 0.538. The lowest BCUT2D eigenvalue weighted by atomic mass is 10.1. The third-order valence-electron chi connectivity index (χ3n) is 3.48. The van der Waals surface area contributed by atoms with E-state index in [4.69, 9.17) is 4.52 Å². The molecule has 5 nitrogen and oxygen atoms in total. The summed E-state index contributed by atoms with van der Waals surface area (Å²) in [6.45, 7) is 1.04. The zero-order valence-electron chi connectivity index (χ0n) is 10.6. The van der Waals surface area contributed by atoms with Crippen LogP contribution in [0.5, 0.6) is 0 Å². The van der Waals surface area contributed by atoms with E-state index in [1.807, 2.05) is 29.9 Å². The Morgan fingerprint density at radius 1 is 1.39 bits per heavy atom. The zero-order chi connectivity index (χ0) is 12.4.